The number of benzene rings is 2. The van der Waals surface area contributed by atoms with Crippen LogP contribution in [-0.2, 0) is 11.3 Å². The topological polar surface area (TPSA) is 36.5 Å². The molecule has 26 heavy (non-hydrogen) atoms. The van der Waals surface area contributed by atoms with E-state index >= 15 is 0 Å². The summed E-state index contributed by atoms with van der Waals surface area (Å²) in [7, 11) is 0. The van der Waals surface area contributed by atoms with E-state index in [1.54, 1.807) is 12.1 Å². The molecule has 0 aliphatic carbocycles. The largest absolute Gasteiger partial charge is 0.375 e. The molecule has 2 aromatic rings. The van der Waals surface area contributed by atoms with Crippen LogP contribution in [0.2, 0.25) is 5.02 Å². The summed E-state index contributed by atoms with van der Waals surface area (Å²) in [6.45, 7) is 4.35. The van der Waals surface area contributed by atoms with Crippen molar-refractivity contribution in [3.8, 4) is 0 Å². The zero-order chi connectivity index (χ0) is 17.7. The molecule has 0 bridgehead atoms. The number of anilines is 3. The maximum absolute atomic E-state index is 14.2. The van der Waals surface area contributed by atoms with Crippen molar-refractivity contribution in [2.75, 3.05) is 36.5 Å². The summed E-state index contributed by atoms with van der Waals surface area (Å²) in [5.41, 5.74) is 5.21. The fourth-order valence-corrected chi connectivity index (χ4v) is 4.76. The number of ether oxygens (including phenoxy) is 1. The van der Waals surface area contributed by atoms with E-state index in [0.29, 0.717) is 29.3 Å². The number of halogens is 2. The second-order valence-corrected chi connectivity index (χ2v) is 7.67. The van der Waals surface area contributed by atoms with Gasteiger partial charge in [-0.3, -0.25) is 0 Å². The molecule has 136 valence electrons. The number of nitrogens with zero attached hydrogens (tertiary/aromatic N) is 1. The van der Waals surface area contributed by atoms with Crippen LogP contribution in [0.25, 0.3) is 0 Å². The highest BCUT2D eigenvalue weighted by molar-refractivity contribution is 6.30. The van der Waals surface area contributed by atoms with E-state index < -0.39 is 0 Å². The van der Waals surface area contributed by atoms with Gasteiger partial charge in [-0.25, -0.2) is 4.39 Å². The lowest BCUT2D eigenvalue weighted by Crippen LogP contribution is -2.44. The van der Waals surface area contributed by atoms with Gasteiger partial charge in [-0.2, -0.15) is 0 Å². The first-order valence-corrected chi connectivity index (χ1v) is 9.52. The van der Waals surface area contributed by atoms with Crippen molar-refractivity contribution >= 4 is 28.7 Å². The van der Waals surface area contributed by atoms with Crippen LogP contribution < -0.4 is 15.5 Å². The fraction of sp³-hybridized carbons (Fsp3) is 0.400. The molecule has 2 aromatic carbocycles. The van der Waals surface area contributed by atoms with Gasteiger partial charge >= 0.3 is 0 Å². The summed E-state index contributed by atoms with van der Waals surface area (Å²) in [5.74, 6) is 0.131. The lowest BCUT2D eigenvalue weighted by Gasteiger charge is -2.33. The molecule has 0 unspecified atom stereocenters. The minimum atomic E-state index is -0.348. The molecule has 5 rings (SSSR count). The molecular weight excluding hydrogens is 353 g/mol. The second kappa shape index (κ2) is 6.41. The van der Waals surface area contributed by atoms with Crippen molar-refractivity contribution in [1.29, 1.82) is 0 Å². The average Bonchev–Trinajstić information content (AvgIpc) is 2.80. The number of fused-ring (bicyclic) bond motifs is 3. The summed E-state index contributed by atoms with van der Waals surface area (Å²) in [5, 5.41) is 7.16. The molecule has 0 amide bonds. The lowest BCUT2D eigenvalue weighted by molar-refractivity contribution is 0.130. The van der Waals surface area contributed by atoms with Crippen molar-refractivity contribution in [3.63, 3.8) is 0 Å². The molecule has 4 nitrogen and oxygen atoms in total. The number of hydrogen-bond acceptors (Lipinski definition) is 4. The zero-order valence-electron chi connectivity index (χ0n) is 14.4. The van der Waals surface area contributed by atoms with E-state index in [0.717, 1.165) is 38.3 Å². The minimum Gasteiger partial charge on any atom is -0.375 e. The summed E-state index contributed by atoms with van der Waals surface area (Å²) in [4.78, 5) is 2.54. The van der Waals surface area contributed by atoms with Crippen LogP contribution in [0.5, 0.6) is 0 Å². The lowest BCUT2D eigenvalue weighted by atomic mass is 9.89. The SMILES string of the molecule is Fc1cc(Cl)ccc1Nc1cc2c3c(c1)[C@@H]1CNCC[C@@H]1N3CCOC2. The van der Waals surface area contributed by atoms with Crippen molar-refractivity contribution in [2.24, 2.45) is 0 Å². The van der Waals surface area contributed by atoms with Gasteiger partial charge in [-0.05, 0) is 48.9 Å². The van der Waals surface area contributed by atoms with Crippen molar-refractivity contribution in [1.82, 2.24) is 5.32 Å². The highest BCUT2D eigenvalue weighted by Crippen LogP contribution is 2.47. The van der Waals surface area contributed by atoms with Crippen LogP contribution in [0.3, 0.4) is 0 Å². The van der Waals surface area contributed by atoms with E-state index in [-0.39, 0.29) is 5.82 Å². The molecule has 0 saturated carbocycles. The van der Waals surface area contributed by atoms with Crippen LogP contribution in [-0.4, -0.2) is 32.3 Å². The van der Waals surface area contributed by atoms with Crippen molar-refractivity contribution in [2.45, 2.75) is 25.0 Å². The van der Waals surface area contributed by atoms with E-state index in [2.05, 4.69) is 27.7 Å². The normalized spacial score (nSPS) is 24.0. The van der Waals surface area contributed by atoms with E-state index in [1.807, 2.05) is 0 Å². The fourth-order valence-electron chi connectivity index (χ4n) is 4.60. The van der Waals surface area contributed by atoms with Crippen LogP contribution in [0.15, 0.2) is 30.3 Å². The van der Waals surface area contributed by atoms with Gasteiger partial charge in [-0.15, -0.1) is 0 Å². The van der Waals surface area contributed by atoms with Gasteiger partial charge in [0.2, 0.25) is 0 Å². The summed E-state index contributed by atoms with van der Waals surface area (Å²) >= 11 is 5.87. The molecule has 2 N–H and O–H groups in total. The first-order chi connectivity index (χ1) is 12.7. The molecule has 0 aromatic heterocycles. The van der Waals surface area contributed by atoms with Gasteiger partial charge in [0.25, 0.3) is 0 Å². The quantitative estimate of drug-likeness (QED) is 0.833. The van der Waals surface area contributed by atoms with Crippen molar-refractivity contribution in [3.05, 3.63) is 52.3 Å². The Balaban J connectivity index is 1.57. The van der Waals surface area contributed by atoms with Gasteiger partial charge in [-0.1, -0.05) is 11.6 Å². The van der Waals surface area contributed by atoms with Crippen LogP contribution in [0.1, 0.15) is 23.5 Å². The van der Waals surface area contributed by atoms with Crippen molar-refractivity contribution < 1.29 is 9.13 Å². The van der Waals surface area contributed by atoms with Gasteiger partial charge in [0.05, 0.1) is 18.9 Å². The zero-order valence-corrected chi connectivity index (χ0v) is 15.2. The predicted molar refractivity (Wildman–Crippen MR) is 102 cm³/mol. The Morgan fingerprint density at radius 3 is 3.08 bits per heavy atom. The molecule has 3 aliphatic rings. The van der Waals surface area contributed by atoms with E-state index in [4.69, 9.17) is 16.3 Å². The minimum absolute atomic E-state index is 0.348. The van der Waals surface area contributed by atoms with Gasteiger partial charge in [0.1, 0.15) is 5.82 Å². The Bertz CT molecular complexity index is 859. The summed E-state index contributed by atoms with van der Waals surface area (Å²) in [6, 6.07) is 9.52. The third kappa shape index (κ3) is 2.66. The second-order valence-electron chi connectivity index (χ2n) is 7.23. The standard InChI is InChI=1S/C20H21ClFN3O/c21-13-1-2-18(17(22)8-13)24-14-7-12-11-26-6-5-25-19-3-4-23-10-16(19)15(9-14)20(12)25/h1-2,7-9,16,19,23-24H,3-6,10-11H2/t16-,19-/m0/s1. The highest BCUT2D eigenvalue weighted by Gasteiger charge is 2.41. The first-order valence-electron chi connectivity index (χ1n) is 9.15. The first kappa shape index (κ1) is 16.4. The number of piperidine rings is 1. The molecule has 1 fully saturated rings. The highest BCUT2D eigenvalue weighted by atomic mass is 35.5. The molecule has 6 heteroatoms. The molecule has 1 saturated heterocycles. The van der Waals surface area contributed by atoms with Gasteiger partial charge < -0.3 is 20.3 Å². The van der Waals surface area contributed by atoms with Crippen LogP contribution in [0.4, 0.5) is 21.5 Å². The average molecular weight is 374 g/mol. The smallest absolute Gasteiger partial charge is 0.148 e. The molecule has 3 heterocycles. The Hall–Kier alpha value is -1.82. The number of nitrogens with one attached hydrogen (secondary N) is 2. The van der Waals surface area contributed by atoms with E-state index in [1.165, 1.54) is 22.9 Å². The molecule has 3 aliphatic heterocycles. The Labute approximate surface area is 157 Å². The Morgan fingerprint density at radius 1 is 1.27 bits per heavy atom. The summed E-state index contributed by atoms with van der Waals surface area (Å²) in [6.07, 6.45) is 1.15. The van der Waals surface area contributed by atoms with Gasteiger partial charge in [0.15, 0.2) is 0 Å². The maximum atomic E-state index is 14.2. The predicted octanol–water partition coefficient (Wildman–Crippen LogP) is 4.02. The Kier molecular flexibility index (Phi) is 4.03. The maximum Gasteiger partial charge on any atom is 0.148 e. The monoisotopic (exact) mass is 373 g/mol. The van der Waals surface area contributed by atoms with Gasteiger partial charge in [0, 0.05) is 47.0 Å². The third-order valence-corrected chi connectivity index (χ3v) is 5.93. The summed E-state index contributed by atoms with van der Waals surface area (Å²) < 4.78 is 20.0. The number of rotatable bonds is 2. The van der Waals surface area contributed by atoms with Crippen LogP contribution in [0, 0.1) is 5.82 Å². The molecular formula is C20H21ClFN3O. The third-order valence-electron chi connectivity index (χ3n) is 5.70. The molecule has 2 atom stereocenters. The van der Waals surface area contributed by atoms with Crippen LogP contribution >= 0.6 is 11.6 Å². The molecule has 0 radical (unpaired) electrons. The Morgan fingerprint density at radius 2 is 2.19 bits per heavy atom. The molecule has 0 spiro atoms. The number of hydrogen-bond donors (Lipinski definition) is 2. The van der Waals surface area contributed by atoms with E-state index in [9.17, 15) is 4.39 Å².